The first kappa shape index (κ1) is 14.8. The molecule has 1 aromatic carbocycles. The molecule has 1 fully saturated rings. The number of thiocarbonyl (C=S) groups is 1. The first-order chi connectivity index (χ1) is 9.43. The van der Waals surface area contributed by atoms with Gasteiger partial charge in [0.2, 0.25) is 0 Å². The summed E-state index contributed by atoms with van der Waals surface area (Å²) in [6, 6.07) is 6.16. The molecule has 4 N–H and O–H groups in total. The van der Waals surface area contributed by atoms with Gasteiger partial charge in [-0.2, -0.15) is 0 Å². The number of aromatic hydroxyl groups is 1. The molecule has 1 aliphatic carbocycles. The van der Waals surface area contributed by atoms with Crippen molar-refractivity contribution in [2.24, 2.45) is 11.7 Å². The molecule has 0 heterocycles. The summed E-state index contributed by atoms with van der Waals surface area (Å²) in [5.74, 6) is 0.576. The van der Waals surface area contributed by atoms with E-state index in [-0.39, 0.29) is 11.7 Å². The van der Waals surface area contributed by atoms with Crippen LogP contribution in [0.4, 0.5) is 0 Å². The van der Waals surface area contributed by atoms with Crippen molar-refractivity contribution in [1.29, 1.82) is 0 Å². The smallest absolute Gasteiger partial charge is 0.252 e. The first-order valence-electron chi connectivity index (χ1n) is 6.84. The Bertz CT molecular complexity index is 505. The van der Waals surface area contributed by atoms with Gasteiger partial charge < -0.3 is 16.2 Å². The van der Waals surface area contributed by atoms with Crippen LogP contribution in [0.1, 0.15) is 43.0 Å². The van der Waals surface area contributed by atoms with Crippen LogP contribution in [-0.2, 0) is 0 Å². The molecule has 0 bridgehead atoms. The fourth-order valence-corrected chi connectivity index (χ4v) is 2.85. The molecular formula is C15H20N2O2S. The highest BCUT2D eigenvalue weighted by atomic mass is 32.1. The second-order valence-electron chi connectivity index (χ2n) is 5.63. The summed E-state index contributed by atoms with van der Waals surface area (Å²) in [4.78, 5) is 12.7. The molecule has 0 spiro atoms. The van der Waals surface area contributed by atoms with Gasteiger partial charge in [0.05, 0.1) is 10.5 Å². The van der Waals surface area contributed by atoms with Gasteiger partial charge in [0.1, 0.15) is 5.75 Å². The van der Waals surface area contributed by atoms with Gasteiger partial charge in [-0.25, -0.2) is 0 Å². The van der Waals surface area contributed by atoms with E-state index < -0.39 is 5.54 Å². The van der Waals surface area contributed by atoms with E-state index in [0.29, 0.717) is 16.5 Å². The van der Waals surface area contributed by atoms with Crippen molar-refractivity contribution in [1.82, 2.24) is 5.32 Å². The average molecular weight is 292 g/mol. The molecule has 1 amide bonds. The van der Waals surface area contributed by atoms with Gasteiger partial charge in [-0.05, 0) is 55.9 Å². The second-order valence-corrected chi connectivity index (χ2v) is 6.07. The molecule has 0 aliphatic heterocycles. The third-order valence-corrected chi connectivity index (χ3v) is 4.47. The number of phenols is 1. The molecular weight excluding hydrogens is 272 g/mol. The number of amides is 1. The van der Waals surface area contributed by atoms with Crippen molar-refractivity contribution in [3.8, 4) is 5.75 Å². The van der Waals surface area contributed by atoms with E-state index in [1.165, 1.54) is 12.1 Å². The number of phenolic OH excluding ortho intramolecular Hbond substituents is 1. The summed E-state index contributed by atoms with van der Waals surface area (Å²) in [6.45, 7) is 2.20. The van der Waals surface area contributed by atoms with E-state index in [2.05, 4.69) is 12.2 Å². The molecule has 0 aromatic heterocycles. The lowest BCUT2D eigenvalue weighted by Crippen LogP contribution is -2.58. The molecule has 20 heavy (non-hydrogen) atoms. The summed E-state index contributed by atoms with van der Waals surface area (Å²) in [6.07, 6.45) is 3.58. The zero-order chi connectivity index (χ0) is 14.8. The Morgan fingerprint density at radius 2 is 1.90 bits per heavy atom. The zero-order valence-electron chi connectivity index (χ0n) is 11.6. The van der Waals surface area contributed by atoms with Crippen molar-refractivity contribution in [3.05, 3.63) is 29.8 Å². The molecule has 5 heteroatoms. The van der Waals surface area contributed by atoms with Crippen LogP contribution in [0.25, 0.3) is 0 Å². The molecule has 2 rings (SSSR count). The Labute approximate surface area is 124 Å². The summed E-state index contributed by atoms with van der Waals surface area (Å²) >= 11 is 5.18. The van der Waals surface area contributed by atoms with Gasteiger partial charge in [-0.1, -0.05) is 19.1 Å². The number of rotatable bonds is 3. The van der Waals surface area contributed by atoms with Crippen molar-refractivity contribution in [2.45, 2.75) is 38.1 Å². The highest BCUT2D eigenvalue weighted by Gasteiger charge is 2.38. The van der Waals surface area contributed by atoms with Crippen molar-refractivity contribution >= 4 is 23.1 Å². The minimum Gasteiger partial charge on any atom is -0.508 e. The van der Waals surface area contributed by atoms with Gasteiger partial charge in [-0.15, -0.1) is 0 Å². The van der Waals surface area contributed by atoms with E-state index in [4.69, 9.17) is 18.0 Å². The van der Waals surface area contributed by atoms with Gasteiger partial charge in [0.15, 0.2) is 0 Å². The van der Waals surface area contributed by atoms with Crippen molar-refractivity contribution < 1.29 is 9.90 Å². The van der Waals surface area contributed by atoms with E-state index in [1.54, 1.807) is 12.1 Å². The molecule has 4 nitrogen and oxygen atoms in total. The van der Waals surface area contributed by atoms with Crippen LogP contribution in [-0.4, -0.2) is 21.5 Å². The molecule has 1 aromatic rings. The third-order valence-electron chi connectivity index (χ3n) is 4.08. The van der Waals surface area contributed by atoms with E-state index in [1.807, 2.05) is 0 Å². The highest BCUT2D eigenvalue weighted by molar-refractivity contribution is 7.80. The van der Waals surface area contributed by atoms with Gasteiger partial charge in [0.25, 0.3) is 5.91 Å². The number of hydrogen-bond donors (Lipinski definition) is 3. The summed E-state index contributed by atoms with van der Waals surface area (Å²) in [5.41, 5.74) is 5.80. The van der Waals surface area contributed by atoms with Gasteiger partial charge >= 0.3 is 0 Å². The number of carbonyl (C=O) groups is 1. The van der Waals surface area contributed by atoms with E-state index in [0.717, 1.165) is 25.7 Å². The summed E-state index contributed by atoms with van der Waals surface area (Å²) in [7, 11) is 0. The summed E-state index contributed by atoms with van der Waals surface area (Å²) in [5, 5.41) is 12.3. The maximum Gasteiger partial charge on any atom is 0.252 e. The highest BCUT2D eigenvalue weighted by Crippen LogP contribution is 2.32. The number of hydrogen-bond acceptors (Lipinski definition) is 3. The third kappa shape index (κ3) is 3.10. The summed E-state index contributed by atoms with van der Waals surface area (Å²) < 4.78 is 0. The Balaban J connectivity index is 2.14. The molecule has 108 valence electrons. The van der Waals surface area contributed by atoms with Crippen LogP contribution in [0.3, 0.4) is 0 Å². The van der Waals surface area contributed by atoms with E-state index >= 15 is 0 Å². The fraction of sp³-hybridized carbons (Fsp3) is 0.467. The first-order valence-corrected chi connectivity index (χ1v) is 7.25. The minimum atomic E-state index is -0.573. The topological polar surface area (TPSA) is 75.3 Å². The molecule has 1 aliphatic rings. The SMILES string of the molecule is CC1CCC(NC(=O)c2ccc(O)cc2)(C(N)=S)CC1. The van der Waals surface area contributed by atoms with Crippen molar-refractivity contribution in [2.75, 3.05) is 0 Å². The fourth-order valence-electron chi connectivity index (χ4n) is 2.59. The average Bonchev–Trinajstić information content (AvgIpc) is 2.42. The predicted molar refractivity (Wildman–Crippen MR) is 82.7 cm³/mol. The molecule has 0 unspecified atom stereocenters. The maximum atomic E-state index is 12.3. The molecule has 1 saturated carbocycles. The van der Waals surface area contributed by atoms with Crippen LogP contribution < -0.4 is 11.1 Å². The van der Waals surface area contributed by atoms with Gasteiger partial charge in [0, 0.05) is 5.56 Å². The second kappa shape index (κ2) is 5.79. The molecule has 0 atom stereocenters. The van der Waals surface area contributed by atoms with E-state index in [9.17, 15) is 9.90 Å². The van der Waals surface area contributed by atoms with Crippen molar-refractivity contribution in [3.63, 3.8) is 0 Å². The zero-order valence-corrected chi connectivity index (χ0v) is 12.4. The van der Waals surface area contributed by atoms with Crippen LogP contribution >= 0.6 is 12.2 Å². The maximum absolute atomic E-state index is 12.3. The van der Waals surface area contributed by atoms with Gasteiger partial charge in [-0.3, -0.25) is 4.79 Å². The number of benzene rings is 1. The predicted octanol–water partition coefficient (Wildman–Crippen LogP) is 2.36. The lowest BCUT2D eigenvalue weighted by atomic mass is 9.77. The molecule has 0 radical (unpaired) electrons. The van der Waals surface area contributed by atoms with Crippen LogP contribution in [0.15, 0.2) is 24.3 Å². The Hall–Kier alpha value is -1.62. The standard InChI is InChI=1S/C15H20N2O2S/c1-10-6-8-15(9-7-10,14(16)20)17-13(19)11-2-4-12(18)5-3-11/h2-5,10,18H,6-9H2,1H3,(H2,16,20)(H,17,19). The minimum absolute atomic E-state index is 0.136. The lowest BCUT2D eigenvalue weighted by Gasteiger charge is -2.39. The van der Waals surface area contributed by atoms with Crippen LogP contribution in [0.5, 0.6) is 5.75 Å². The Morgan fingerprint density at radius 3 is 2.40 bits per heavy atom. The number of nitrogens with one attached hydrogen (secondary N) is 1. The molecule has 0 saturated heterocycles. The Kier molecular flexibility index (Phi) is 4.28. The lowest BCUT2D eigenvalue weighted by molar-refractivity contribution is 0.0900. The normalized spacial score (nSPS) is 25.9. The van der Waals surface area contributed by atoms with Crippen LogP contribution in [0.2, 0.25) is 0 Å². The monoisotopic (exact) mass is 292 g/mol. The number of carbonyl (C=O) groups excluding carboxylic acids is 1. The Morgan fingerprint density at radius 1 is 1.35 bits per heavy atom. The van der Waals surface area contributed by atoms with Crippen LogP contribution in [0, 0.1) is 5.92 Å². The largest absolute Gasteiger partial charge is 0.508 e. The quantitative estimate of drug-likeness (QED) is 0.748. The number of nitrogens with two attached hydrogens (primary N) is 1.